The molecular weight excluding hydrogens is 126 g/mol. The summed E-state index contributed by atoms with van der Waals surface area (Å²) in [6.45, 7) is 0.823. The number of hydrogen-bond acceptors (Lipinski definition) is 2. The molecule has 2 rings (SSSR count). The molecule has 54 valence electrons. The molecule has 0 aromatic carbocycles. The van der Waals surface area contributed by atoms with Crippen LogP contribution in [-0.4, -0.2) is 18.5 Å². The maximum atomic E-state index is 5.33. The first-order valence-corrected chi connectivity index (χ1v) is 3.83. The lowest BCUT2D eigenvalue weighted by atomic mass is 9.85. The van der Waals surface area contributed by atoms with Crippen LogP contribution in [0.4, 0.5) is 0 Å². The Kier molecular flexibility index (Phi) is 1.40. The lowest BCUT2D eigenvalue weighted by Gasteiger charge is -2.30. The van der Waals surface area contributed by atoms with Gasteiger partial charge in [0.05, 0.1) is 6.54 Å². The number of aliphatic imine (C=N–C) groups is 1. The molecular formula is C8H11NO. The van der Waals surface area contributed by atoms with E-state index in [2.05, 4.69) is 17.8 Å². The standard InChI is InChI=1S/C8H11NO/c1-2-4-8(5-3-1)6-9-7-10-8/h2H,1,3-6H2. The second-order valence-corrected chi connectivity index (χ2v) is 3.08. The second kappa shape index (κ2) is 2.26. The molecule has 0 saturated heterocycles. The van der Waals surface area contributed by atoms with Crippen molar-refractivity contribution in [3.8, 4) is 0 Å². The fourth-order valence-corrected chi connectivity index (χ4v) is 1.61. The van der Waals surface area contributed by atoms with Crippen molar-refractivity contribution in [2.75, 3.05) is 6.54 Å². The lowest BCUT2D eigenvalue weighted by molar-refractivity contribution is 0.0687. The van der Waals surface area contributed by atoms with Gasteiger partial charge in [0.15, 0.2) is 0 Å². The van der Waals surface area contributed by atoms with E-state index < -0.39 is 0 Å². The molecule has 0 amide bonds. The summed E-state index contributed by atoms with van der Waals surface area (Å²) in [6.07, 6.45) is 9.59. The molecule has 1 atom stereocenters. The summed E-state index contributed by atoms with van der Waals surface area (Å²) >= 11 is 0. The van der Waals surface area contributed by atoms with Gasteiger partial charge in [-0.3, -0.25) is 0 Å². The van der Waals surface area contributed by atoms with Crippen LogP contribution in [0.15, 0.2) is 4.99 Å². The highest BCUT2D eigenvalue weighted by molar-refractivity contribution is 5.50. The van der Waals surface area contributed by atoms with Crippen LogP contribution >= 0.6 is 0 Å². The summed E-state index contributed by atoms with van der Waals surface area (Å²) in [6, 6.07) is 0. The highest BCUT2D eigenvalue weighted by Gasteiger charge is 2.36. The predicted molar refractivity (Wildman–Crippen MR) is 38.9 cm³/mol. The molecule has 1 aliphatic heterocycles. The van der Waals surface area contributed by atoms with E-state index in [1.165, 1.54) is 12.8 Å². The van der Waals surface area contributed by atoms with Gasteiger partial charge in [0, 0.05) is 0 Å². The molecule has 1 spiro atoms. The van der Waals surface area contributed by atoms with Gasteiger partial charge in [-0.25, -0.2) is 4.99 Å². The van der Waals surface area contributed by atoms with Gasteiger partial charge in [0.25, 0.3) is 6.40 Å². The van der Waals surface area contributed by atoms with E-state index in [0.717, 1.165) is 19.4 Å². The van der Waals surface area contributed by atoms with Gasteiger partial charge in [-0.2, -0.15) is 0 Å². The molecule has 0 aromatic rings. The first kappa shape index (κ1) is 6.20. The summed E-state index contributed by atoms with van der Waals surface area (Å²) in [5.74, 6) is 0. The highest BCUT2D eigenvalue weighted by atomic mass is 16.5. The quantitative estimate of drug-likeness (QED) is 0.495. The molecule has 10 heavy (non-hydrogen) atoms. The van der Waals surface area contributed by atoms with Crippen molar-refractivity contribution in [2.24, 2.45) is 4.99 Å². The zero-order valence-electron chi connectivity index (χ0n) is 5.97. The fourth-order valence-electron chi connectivity index (χ4n) is 1.61. The fraction of sp³-hybridized carbons (Fsp3) is 0.750. The predicted octanol–water partition coefficient (Wildman–Crippen LogP) is 1.44. The van der Waals surface area contributed by atoms with Crippen LogP contribution in [0.3, 0.4) is 0 Å². The van der Waals surface area contributed by atoms with Crippen molar-refractivity contribution < 1.29 is 4.74 Å². The minimum Gasteiger partial charge on any atom is -0.465 e. The van der Waals surface area contributed by atoms with Crippen LogP contribution in [0.2, 0.25) is 0 Å². The maximum absolute atomic E-state index is 5.33. The Bertz CT molecular complexity index is 137. The van der Waals surface area contributed by atoms with Crippen molar-refractivity contribution >= 4 is 6.40 Å². The first-order chi connectivity index (χ1) is 4.91. The lowest BCUT2D eigenvalue weighted by Crippen LogP contribution is -2.34. The van der Waals surface area contributed by atoms with Crippen molar-refractivity contribution in [1.29, 1.82) is 0 Å². The summed E-state index contributed by atoms with van der Waals surface area (Å²) in [5, 5.41) is 0. The topological polar surface area (TPSA) is 21.6 Å². The Morgan fingerprint density at radius 3 is 3.20 bits per heavy atom. The summed E-state index contributed by atoms with van der Waals surface area (Å²) < 4.78 is 5.33. The van der Waals surface area contributed by atoms with Gasteiger partial charge in [-0.05, 0) is 32.1 Å². The van der Waals surface area contributed by atoms with Crippen molar-refractivity contribution in [3.63, 3.8) is 0 Å². The Morgan fingerprint density at radius 2 is 2.60 bits per heavy atom. The van der Waals surface area contributed by atoms with Crippen LogP contribution < -0.4 is 0 Å². The first-order valence-electron chi connectivity index (χ1n) is 3.83. The van der Waals surface area contributed by atoms with E-state index in [-0.39, 0.29) is 5.60 Å². The third kappa shape index (κ3) is 0.917. The third-order valence-electron chi connectivity index (χ3n) is 2.25. The summed E-state index contributed by atoms with van der Waals surface area (Å²) in [7, 11) is 0. The van der Waals surface area contributed by atoms with E-state index in [9.17, 15) is 0 Å². The molecule has 1 saturated carbocycles. The molecule has 1 heterocycles. The summed E-state index contributed by atoms with van der Waals surface area (Å²) in [5.41, 5.74) is 0.0399. The van der Waals surface area contributed by atoms with Crippen LogP contribution in [0.25, 0.3) is 0 Å². The van der Waals surface area contributed by atoms with E-state index in [4.69, 9.17) is 4.74 Å². The van der Waals surface area contributed by atoms with Crippen molar-refractivity contribution in [2.45, 2.75) is 31.3 Å². The van der Waals surface area contributed by atoms with E-state index in [0.29, 0.717) is 0 Å². The SMILES string of the molecule is [C]1=NCC2(C[CH]CCC2)O1. The molecule has 2 nitrogen and oxygen atoms in total. The Hall–Kier alpha value is -0.530. The number of ether oxygens (including phenoxy) is 1. The zero-order chi connectivity index (χ0) is 6.86. The minimum absolute atomic E-state index is 0.0399. The Morgan fingerprint density at radius 1 is 1.60 bits per heavy atom. The van der Waals surface area contributed by atoms with E-state index in [1.807, 2.05) is 0 Å². The Labute approximate surface area is 61.3 Å². The monoisotopic (exact) mass is 137 g/mol. The van der Waals surface area contributed by atoms with Gasteiger partial charge in [0.2, 0.25) is 0 Å². The van der Waals surface area contributed by atoms with Crippen LogP contribution in [0.1, 0.15) is 25.7 Å². The molecule has 2 aliphatic rings. The van der Waals surface area contributed by atoms with Gasteiger partial charge in [-0.1, -0.05) is 0 Å². The number of hydrogen-bond donors (Lipinski definition) is 0. The largest absolute Gasteiger partial charge is 0.465 e. The molecule has 1 aliphatic carbocycles. The van der Waals surface area contributed by atoms with Gasteiger partial charge in [-0.15, -0.1) is 0 Å². The number of nitrogens with zero attached hydrogens (tertiary/aromatic N) is 1. The van der Waals surface area contributed by atoms with E-state index in [1.54, 1.807) is 0 Å². The van der Waals surface area contributed by atoms with Gasteiger partial charge in [0.1, 0.15) is 5.60 Å². The van der Waals surface area contributed by atoms with Crippen LogP contribution in [0, 0.1) is 6.42 Å². The minimum atomic E-state index is 0.0399. The van der Waals surface area contributed by atoms with Crippen molar-refractivity contribution in [1.82, 2.24) is 0 Å². The van der Waals surface area contributed by atoms with Gasteiger partial charge < -0.3 is 4.74 Å². The Balaban J connectivity index is 2.00. The van der Waals surface area contributed by atoms with E-state index >= 15 is 0 Å². The third-order valence-corrected chi connectivity index (χ3v) is 2.25. The molecule has 0 aromatic heterocycles. The molecule has 1 unspecified atom stereocenters. The average Bonchev–Trinajstić information content (AvgIpc) is 2.39. The zero-order valence-corrected chi connectivity index (χ0v) is 5.97. The molecule has 0 bridgehead atoms. The molecule has 2 radical (unpaired) electrons. The number of rotatable bonds is 0. The molecule has 2 heteroatoms. The average molecular weight is 137 g/mol. The normalized spacial score (nSPS) is 28.8. The second-order valence-electron chi connectivity index (χ2n) is 3.08. The maximum Gasteiger partial charge on any atom is 0.273 e. The molecule has 1 fully saturated rings. The smallest absolute Gasteiger partial charge is 0.273 e. The summed E-state index contributed by atoms with van der Waals surface area (Å²) in [4.78, 5) is 3.97. The molecule has 0 N–H and O–H groups in total. The van der Waals surface area contributed by atoms with Crippen molar-refractivity contribution in [3.05, 3.63) is 6.42 Å². The van der Waals surface area contributed by atoms with Gasteiger partial charge >= 0.3 is 0 Å². The highest BCUT2D eigenvalue weighted by Crippen LogP contribution is 2.32. The van der Waals surface area contributed by atoms with Crippen LogP contribution in [0.5, 0.6) is 0 Å². The van der Waals surface area contributed by atoms with Crippen LogP contribution in [-0.2, 0) is 4.74 Å².